The molecule has 0 saturated heterocycles. The molecule has 0 bridgehead atoms. The van der Waals surface area contributed by atoms with Crippen molar-refractivity contribution < 1.29 is 0 Å². The Morgan fingerprint density at radius 1 is 0.286 bits per heavy atom. The molecule has 0 amide bonds. The van der Waals surface area contributed by atoms with Crippen LogP contribution in [0.3, 0.4) is 0 Å². The van der Waals surface area contributed by atoms with Crippen LogP contribution in [0, 0.1) is 0 Å². The van der Waals surface area contributed by atoms with Crippen LogP contribution in [0.1, 0.15) is 0 Å². The van der Waals surface area contributed by atoms with Gasteiger partial charge < -0.3 is 13.9 Å². The van der Waals surface area contributed by atoms with Gasteiger partial charge in [-0.25, -0.2) is 0 Å². The van der Waals surface area contributed by atoms with E-state index in [1.807, 2.05) is 0 Å². The number of benzene rings is 10. The van der Waals surface area contributed by atoms with Gasteiger partial charge in [0, 0.05) is 54.9 Å². The molecule has 0 spiro atoms. The first-order chi connectivity index (χ1) is 31.3. The van der Waals surface area contributed by atoms with Gasteiger partial charge in [0.05, 0.1) is 33.3 Å². The van der Waals surface area contributed by atoms with Gasteiger partial charge >= 0.3 is 0 Å². The van der Waals surface area contributed by atoms with Gasteiger partial charge in [-0.3, -0.25) is 0 Å². The topological polar surface area (TPSA) is 12.6 Å². The van der Waals surface area contributed by atoms with Crippen LogP contribution in [0.2, 0.25) is 0 Å². The van der Waals surface area contributed by atoms with Crippen molar-refractivity contribution in [3.63, 3.8) is 0 Å². The zero-order valence-corrected chi connectivity index (χ0v) is 34.4. The van der Waals surface area contributed by atoms with Gasteiger partial charge in [-0.15, -0.1) is 0 Å². The lowest BCUT2D eigenvalue weighted by Gasteiger charge is -2.28. The van der Waals surface area contributed by atoms with E-state index in [1.165, 1.54) is 87.7 Å². The zero-order chi connectivity index (χ0) is 41.4. The van der Waals surface area contributed by atoms with Crippen LogP contribution in [0.4, 0.5) is 17.1 Å². The minimum absolute atomic E-state index is 1.08. The molecule has 0 aliphatic carbocycles. The summed E-state index contributed by atoms with van der Waals surface area (Å²) in [6, 6.07) is 86.5. The van der Waals surface area contributed by atoms with Crippen LogP contribution in [-0.2, 0) is 0 Å². The van der Waals surface area contributed by atoms with Crippen molar-refractivity contribution in [1.29, 1.82) is 0 Å². The van der Waals surface area contributed by atoms with Gasteiger partial charge in [0.25, 0.3) is 0 Å². The predicted octanol–water partition coefficient (Wildman–Crippen LogP) is 16.4. The van der Waals surface area contributed by atoms with E-state index >= 15 is 0 Å². The Morgan fingerprint density at radius 2 is 0.778 bits per heavy atom. The highest BCUT2D eigenvalue weighted by molar-refractivity contribution is 6.25. The van der Waals surface area contributed by atoms with Gasteiger partial charge in [-0.1, -0.05) is 176 Å². The molecule has 0 aliphatic heterocycles. The fourth-order valence-electron chi connectivity index (χ4n) is 10.3. The molecular formula is C60H39N3. The molecule has 294 valence electrons. The Bertz CT molecular complexity index is 3770. The van der Waals surface area contributed by atoms with Crippen LogP contribution in [0.25, 0.3) is 99.0 Å². The normalized spacial score (nSPS) is 11.8. The summed E-state index contributed by atoms with van der Waals surface area (Å²) in [6.07, 6.45) is 0. The summed E-state index contributed by atoms with van der Waals surface area (Å²) in [6.45, 7) is 0. The fourth-order valence-corrected chi connectivity index (χ4v) is 10.3. The first-order valence-electron chi connectivity index (χ1n) is 21.7. The third kappa shape index (κ3) is 5.46. The Labute approximate surface area is 364 Å². The van der Waals surface area contributed by atoms with Gasteiger partial charge in [0.2, 0.25) is 0 Å². The highest BCUT2D eigenvalue weighted by Gasteiger charge is 2.24. The summed E-state index contributed by atoms with van der Waals surface area (Å²) in [5, 5.41) is 7.54. The molecule has 0 fully saturated rings. The van der Waals surface area contributed by atoms with Crippen LogP contribution in [0.5, 0.6) is 0 Å². The molecule has 3 aromatic heterocycles. The summed E-state index contributed by atoms with van der Waals surface area (Å²) in [5.74, 6) is 0. The van der Waals surface area contributed by atoms with Crippen molar-refractivity contribution in [3.8, 4) is 39.1 Å². The largest absolute Gasteiger partial charge is 0.309 e. The third-order valence-electron chi connectivity index (χ3n) is 13.0. The third-order valence-corrected chi connectivity index (χ3v) is 13.0. The van der Waals surface area contributed by atoms with Crippen LogP contribution in [0.15, 0.2) is 237 Å². The SMILES string of the molecule is c1ccc(-c2cc(-c3ccccc3)cc(N(c3ccc(-c4cccc5c6ccccc6n(-c6ccccc6)c45)cc3)c3cccc4c5cccc6c7ccccc7n(c34)c65)c2)cc1. The number of anilines is 3. The average Bonchev–Trinajstić information content (AvgIpc) is 4.01. The highest BCUT2D eigenvalue weighted by atomic mass is 15.2. The lowest BCUT2D eigenvalue weighted by atomic mass is 9.97. The van der Waals surface area contributed by atoms with E-state index in [0.29, 0.717) is 0 Å². The summed E-state index contributed by atoms with van der Waals surface area (Å²) < 4.78 is 4.93. The zero-order valence-electron chi connectivity index (χ0n) is 34.4. The number of para-hydroxylation sites is 6. The van der Waals surface area contributed by atoms with E-state index in [1.54, 1.807) is 0 Å². The molecule has 3 heteroatoms. The molecule has 10 aromatic carbocycles. The van der Waals surface area contributed by atoms with E-state index in [9.17, 15) is 0 Å². The van der Waals surface area contributed by atoms with Crippen LogP contribution in [-0.4, -0.2) is 8.97 Å². The number of fused-ring (bicyclic) bond motifs is 9. The Morgan fingerprint density at radius 3 is 1.44 bits per heavy atom. The van der Waals surface area contributed by atoms with Crippen molar-refractivity contribution in [2.75, 3.05) is 4.90 Å². The van der Waals surface area contributed by atoms with E-state index in [0.717, 1.165) is 28.3 Å². The summed E-state index contributed by atoms with van der Waals surface area (Å²) in [4.78, 5) is 2.48. The van der Waals surface area contributed by atoms with Crippen molar-refractivity contribution in [2.24, 2.45) is 0 Å². The van der Waals surface area contributed by atoms with Crippen molar-refractivity contribution in [2.45, 2.75) is 0 Å². The molecule has 13 rings (SSSR count). The standard InChI is InChI=1S/C60H39N3/c1-4-17-40(18-5-1)43-37-44(41-19-6-2-7-20-41)39-47(38-43)61(57-32-16-29-54-53-28-15-27-52-50-24-11-13-31-56(50)63(59(52)53)60(54)57)46-35-33-42(34-36-46)48-25-14-26-51-49-23-10-12-30-55(49)62(58(48)51)45-21-8-3-9-22-45/h1-39H. The summed E-state index contributed by atoms with van der Waals surface area (Å²) in [5.41, 5.74) is 17.6. The Balaban J connectivity index is 1.08. The lowest BCUT2D eigenvalue weighted by molar-refractivity contribution is 1.18. The second kappa shape index (κ2) is 14.1. The maximum atomic E-state index is 2.51. The quantitative estimate of drug-likeness (QED) is 0.156. The molecule has 0 saturated carbocycles. The number of hydrogen-bond acceptors (Lipinski definition) is 1. The maximum Gasteiger partial charge on any atom is 0.0782 e. The molecule has 13 aromatic rings. The number of nitrogens with zero attached hydrogens (tertiary/aromatic N) is 3. The van der Waals surface area contributed by atoms with Crippen LogP contribution < -0.4 is 4.90 Å². The Kier molecular flexibility index (Phi) is 7.91. The molecule has 0 aliphatic rings. The number of rotatable bonds is 7. The predicted molar refractivity (Wildman–Crippen MR) is 266 cm³/mol. The molecule has 0 N–H and O–H groups in total. The molecule has 63 heavy (non-hydrogen) atoms. The molecule has 3 heterocycles. The van der Waals surface area contributed by atoms with Gasteiger partial charge in [-0.2, -0.15) is 0 Å². The monoisotopic (exact) mass is 801 g/mol. The fraction of sp³-hybridized carbons (Fsp3) is 0. The van der Waals surface area contributed by atoms with Gasteiger partial charge in [0.15, 0.2) is 0 Å². The second-order valence-electron chi connectivity index (χ2n) is 16.5. The molecular weight excluding hydrogens is 763 g/mol. The number of aromatic nitrogens is 2. The smallest absolute Gasteiger partial charge is 0.0782 e. The summed E-state index contributed by atoms with van der Waals surface area (Å²) >= 11 is 0. The first-order valence-corrected chi connectivity index (χ1v) is 21.7. The highest BCUT2D eigenvalue weighted by Crippen LogP contribution is 2.47. The van der Waals surface area contributed by atoms with E-state index in [-0.39, 0.29) is 0 Å². The molecule has 0 atom stereocenters. The minimum atomic E-state index is 1.08. The van der Waals surface area contributed by atoms with Gasteiger partial charge in [0.1, 0.15) is 0 Å². The van der Waals surface area contributed by atoms with E-state index in [2.05, 4.69) is 250 Å². The van der Waals surface area contributed by atoms with Crippen LogP contribution >= 0.6 is 0 Å². The van der Waals surface area contributed by atoms with Crippen molar-refractivity contribution >= 4 is 77.0 Å². The van der Waals surface area contributed by atoms with Crippen molar-refractivity contribution in [1.82, 2.24) is 8.97 Å². The Hall–Kier alpha value is -8.40. The molecule has 3 nitrogen and oxygen atoms in total. The average molecular weight is 802 g/mol. The molecule has 0 radical (unpaired) electrons. The number of hydrogen-bond donors (Lipinski definition) is 0. The van der Waals surface area contributed by atoms with Gasteiger partial charge in [-0.05, 0) is 88.5 Å². The molecule has 0 unspecified atom stereocenters. The van der Waals surface area contributed by atoms with E-state index < -0.39 is 0 Å². The van der Waals surface area contributed by atoms with Crippen molar-refractivity contribution in [3.05, 3.63) is 237 Å². The minimum Gasteiger partial charge on any atom is -0.309 e. The summed E-state index contributed by atoms with van der Waals surface area (Å²) in [7, 11) is 0. The maximum absolute atomic E-state index is 2.51. The first kappa shape index (κ1) is 35.4. The lowest BCUT2D eigenvalue weighted by Crippen LogP contribution is -2.11. The second-order valence-corrected chi connectivity index (χ2v) is 16.5. The van der Waals surface area contributed by atoms with E-state index in [4.69, 9.17) is 0 Å².